The minimum atomic E-state index is -0.407. The number of aromatic nitrogens is 2. The minimum Gasteiger partial charge on any atom is -0.441 e. The number of aryl methyl sites for hydroxylation is 1. The second-order valence-electron chi connectivity index (χ2n) is 9.90. The molecule has 1 saturated carbocycles. The lowest BCUT2D eigenvalue weighted by atomic mass is 9.77. The smallest absolute Gasteiger partial charge is 0.415 e. The minimum absolute atomic E-state index is 0.190. The van der Waals surface area contributed by atoms with Crippen molar-refractivity contribution < 1.29 is 9.53 Å². The van der Waals surface area contributed by atoms with Crippen LogP contribution >= 0.6 is 0 Å². The van der Waals surface area contributed by atoms with Gasteiger partial charge in [0.2, 0.25) is 0 Å². The molecule has 0 unspecified atom stereocenters. The van der Waals surface area contributed by atoms with Crippen LogP contribution < -0.4 is 4.90 Å². The van der Waals surface area contributed by atoms with E-state index in [0.29, 0.717) is 18.2 Å². The molecule has 0 radical (unpaired) electrons. The van der Waals surface area contributed by atoms with Gasteiger partial charge in [-0.3, -0.25) is 4.90 Å². The Morgan fingerprint density at radius 1 is 1.18 bits per heavy atom. The van der Waals surface area contributed by atoms with Crippen LogP contribution in [0.3, 0.4) is 0 Å². The first-order valence-electron chi connectivity index (χ1n) is 12.1. The van der Waals surface area contributed by atoms with Gasteiger partial charge in [-0.25, -0.2) is 14.6 Å². The summed E-state index contributed by atoms with van der Waals surface area (Å²) in [4.78, 5) is 23.1. The second-order valence-corrected chi connectivity index (χ2v) is 9.90. The van der Waals surface area contributed by atoms with E-state index in [1.165, 1.54) is 24.0 Å². The van der Waals surface area contributed by atoms with E-state index >= 15 is 0 Å². The number of hydrogen-bond acceptors (Lipinski definition) is 3. The van der Waals surface area contributed by atoms with Crippen molar-refractivity contribution in [1.82, 2.24) is 9.55 Å². The molecule has 2 heterocycles. The van der Waals surface area contributed by atoms with Gasteiger partial charge in [0.05, 0.1) is 36.2 Å². The van der Waals surface area contributed by atoms with Gasteiger partial charge in [0.15, 0.2) is 5.69 Å². The summed E-state index contributed by atoms with van der Waals surface area (Å²) in [6.07, 6.45) is 10.2. The first kappa shape index (κ1) is 20.3. The van der Waals surface area contributed by atoms with Crippen LogP contribution in [0.4, 0.5) is 16.2 Å². The summed E-state index contributed by atoms with van der Waals surface area (Å²) >= 11 is 0. The lowest BCUT2D eigenvalue weighted by molar-refractivity contribution is 0.00439. The molecule has 6 nitrogen and oxygen atoms in total. The highest BCUT2D eigenvalue weighted by atomic mass is 16.6. The molecule has 33 heavy (non-hydrogen) atoms. The zero-order chi connectivity index (χ0) is 22.4. The number of anilines is 1. The molecule has 2 fully saturated rings. The number of carbonyl (C=O) groups excluding carboxylic acids is 1. The summed E-state index contributed by atoms with van der Waals surface area (Å²) in [5, 5.41) is 0. The van der Waals surface area contributed by atoms with E-state index in [4.69, 9.17) is 11.3 Å². The normalized spacial score (nSPS) is 24.6. The number of imidazole rings is 1. The molecule has 1 amide bonds. The summed E-state index contributed by atoms with van der Waals surface area (Å²) in [6.45, 7) is 8.79. The molecule has 3 aliphatic rings. The van der Waals surface area contributed by atoms with E-state index in [-0.39, 0.29) is 6.09 Å². The SMILES string of the molecule is [C-]#[N+]c1ccc2ncn(C[C@H]3CCC[C@]4(C3)CN(c3cccc5c3CCCC5)C(=O)O4)c2c1. The van der Waals surface area contributed by atoms with Gasteiger partial charge in [-0.15, -0.1) is 0 Å². The molecule has 6 heteroatoms. The predicted octanol–water partition coefficient (Wildman–Crippen LogP) is 6.05. The molecule has 168 valence electrons. The van der Waals surface area contributed by atoms with Crippen molar-refractivity contribution in [2.24, 2.45) is 5.92 Å². The highest BCUT2D eigenvalue weighted by Gasteiger charge is 2.48. The van der Waals surface area contributed by atoms with E-state index in [2.05, 4.69) is 32.6 Å². The summed E-state index contributed by atoms with van der Waals surface area (Å²) in [5.41, 5.74) is 5.93. The molecule has 0 bridgehead atoms. The number of rotatable bonds is 3. The Balaban J connectivity index is 1.23. The van der Waals surface area contributed by atoms with Crippen LogP contribution in [-0.2, 0) is 24.1 Å². The average Bonchev–Trinajstić information content (AvgIpc) is 3.38. The Labute approximate surface area is 194 Å². The molecule has 1 saturated heterocycles. The lowest BCUT2D eigenvalue weighted by Gasteiger charge is -2.36. The maximum Gasteiger partial charge on any atom is 0.415 e. The maximum atomic E-state index is 13.1. The van der Waals surface area contributed by atoms with Gasteiger partial charge in [0.1, 0.15) is 5.60 Å². The fraction of sp³-hybridized carbons (Fsp3) is 0.444. The Kier molecular flexibility index (Phi) is 4.86. The molecule has 2 atom stereocenters. The third kappa shape index (κ3) is 3.56. The molecule has 6 rings (SSSR count). The number of carbonyl (C=O) groups is 1. The van der Waals surface area contributed by atoms with E-state index in [1.54, 1.807) is 0 Å². The van der Waals surface area contributed by atoms with Crippen molar-refractivity contribution in [2.75, 3.05) is 11.4 Å². The van der Waals surface area contributed by atoms with E-state index in [0.717, 1.165) is 61.8 Å². The van der Waals surface area contributed by atoms with Crippen molar-refractivity contribution in [3.05, 3.63) is 65.3 Å². The Morgan fingerprint density at radius 3 is 3.00 bits per heavy atom. The van der Waals surface area contributed by atoms with Crippen molar-refractivity contribution in [2.45, 2.75) is 63.5 Å². The van der Waals surface area contributed by atoms with E-state index in [1.807, 2.05) is 29.4 Å². The number of fused-ring (bicyclic) bond motifs is 2. The van der Waals surface area contributed by atoms with Crippen molar-refractivity contribution in [3.8, 4) is 0 Å². The molecule has 3 aromatic rings. The number of hydrogen-bond donors (Lipinski definition) is 0. The number of amides is 1. The first-order chi connectivity index (χ1) is 16.1. The van der Waals surface area contributed by atoms with Crippen LogP contribution in [0.2, 0.25) is 0 Å². The van der Waals surface area contributed by atoms with Gasteiger partial charge in [-0.05, 0) is 86.6 Å². The van der Waals surface area contributed by atoms with Crippen LogP contribution in [0, 0.1) is 12.5 Å². The largest absolute Gasteiger partial charge is 0.441 e. The van der Waals surface area contributed by atoms with Gasteiger partial charge in [0, 0.05) is 6.54 Å². The Morgan fingerprint density at radius 2 is 2.09 bits per heavy atom. The molecule has 1 aromatic heterocycles. The van der Waals surface area contributed by atoms with E-state index < -0.39 is 5.60 Å². The fourth-order valence-corrected chi connectivity index (χ4v) is 6.20. The topological polar surface area (TPSA) is 51.7 Å². The van der Waals surface area contributed by atoms with Crippen molar-refractivity contribution >= 4 is 28.5 Å². The molecule has 2 aliphatic carbocycles. The zero-order valence-electron chi connectivity index (χ0n) is 18.8. The molecular weight excluding hydrogens is 412 g/mol. The van der Waals surface area contributed by atoms with Gasteiger partial charge in [0.25, 0.3) is 0 Å². The van der Waals surface area contributed by atoms with Crippen molar-refractivity contribution in [3.63, 3.8) is 0 Å². The summed E-state index contributed by atoms with van der Waals surface area (Å²) in [5.74, 6) is 0.408. The fourth-order valence-electron chi connectivity index (χ4n) is 6.20. The molecule has 2 aromatic carbocycles. The van der Waals surface area contributed by atoms with E-state index in [9.17, 15) is 4.79 Å². The Hall–Kier alpha value is -3.33. The van der Waals surface area contributed by atoms with Crippen LogP contribution in [0.5, 0.6) is 0 Å². The predicted molar refractivity (Wildman–Crippen MR) is 128 cm³/mol. The summed E-state index contributed by atoms with van der Waals surface area (Å²) in [7, 11) is 0. The third-order valence-corrected chi connectivity index (χ3v) is 7.73. The zero-order valence-corrected chi connectivity index (χ0v) is 18.8. The van der Waals surface area contributed by atoms with Crippen LogP contribution in [0.1, 0.15) is 49.7 Å². The number of nitrogens with zero attached hydrogens (tertiary/aromatic N) is 4. The van der Waals surface area contributed by atoms with Gasteiger partial charge < -0.3 is 9.30 Å². The quantitative estimate of drug-likeness (QED) is 0.466. The highest BCUT2D eigenvalue weighted by molar-refractivity contribution is 5.91. The van der Waals surface area contributed by atoms with Crippen LogP contribution in [0.25, 0.3) is 15.9 Å². The third-order valence-electron chi connectivity index (χ3n) is 7.73. The van der Waals surface area contributed by atoms with Gasteiger partial charge in [-0.2, -0.15) is 0 Å². The number of benzene rings is 2. The molecule has 1 spiro atoms. The summed E-state index contributed by atoms with van der Waals surface area (Å²) < 4.78 is 8.31. The van der Waals surface area contributed by atoms with Gasteiger partial charge >= 0.3 is 6.09 Å². The summed E-state index contributed by atoms with van der Waals surface area (Å²) in [6, 6.07) is 12.0. The number of ether oxygens (including phenoxy) is 1. The van der Waals surface area contributed by atoms with Crippen LogP contribution in [-0.4, -0.2) is 27.8 Å². The average molecular weight is 441 g/mol. The molecule has 0 N–H and O–H groups in total. The molecular formula is C27H28N4O2. The first-order valence-corrected chi connectivity index (χ1v) is 12.1. The monoisotopic (exact) mass is 440 g/mol. The van der Waals surface area contributed by atoms with Crippen LogP contribution in [0.15, 0.2) is 42.7 Å². The van der Waals surface area contributed by atoms with Gasteiger partial charge in [-0.1, -0.05) is 18.2 Å². The lowest BCUT2D eigenvalue weighted by Crippen LogP contribution is -2.40. The maximum absolute atomic E-state index is 13.1. The standard InChI is InChI=1S/C27H28N4O2/c1-28-21-11-12-23-25(14-21)30(18-29-23)16-19-6-5-13-27(15-19)17-31(26(32)33-27)24-10-4-8-20-7-2-3-9-22(20)24/h4,8,10-12,14,18-19H,2-3,5-7,9,13,15-17H2/t19-,27-/m0/s1. The van der Waals surface area contributed by atoms with Crippen molar-refractivity contribution in [1.29, 1.82) is 0 Å². The highest BCUT2D eigenvalue weighted by Crippen LogP contribution is 2.43. The molecule has 1 aliphatic heterocycles. The second kappa shape index (κ2) is 7.91. The Bertz CT molecular complexity index is 1270.